The van der Waals surface area contributed by atoms with E-state index < -0.39 is 17.3 Å². The number of piperazine rings is 1. The number of phenolic OH excluding ortho intramolecular Hbond substituents is 1. The second-order valence-corrected chi connectivity index (χ2v) is 9.47. The fourth-order valence-electron chi connectivity index (χ4n) is 3.85. The van der Waals surface area contributed by atoms with Crippen LogP contribution in [0.5, 0.6) is 5.75 Å². The van der Waals surface area contributed by atoms with Gasteiger partial charge >= 0.3 is 6.18 Å². The lowest BCUT2D eigenvalue weighted by molar-refractivity contribution is -0.137. The lowest BCUT2D eigenvalue weighted by atomic mass is 9.98. The van der Waals surface area contributed by atoms with Crippen LogP contribution >= 0.6 is 23.4 Å². The number of likely N-dealkylation sites (N-methyl/N-ethyl adjacent to an activating group) is 1. The summed E-state index contributed by atoms with van der Waals surface area (Å²) in [6.45, 7) is 2.57. The van der Waals surface area contributed by atoms with Crippen LogP contribution in [-0.2, 0) is 11.0 Å². The molecule has 34 heavy (non-hydrogen) atoms. The second kappa shape index (κ2) is 9.52. The van der Waals surface area contributed by atoms with Crippen LogP contribution in [0.2, 0.25) is 5.02 Å². The maximum atomic E-state index is 13.5. The van der Waals surface area contributed by atoms with Crippen molar-refractivity contribution in [2.75, 3.05) is 39.0 Å². The summed E-state index contributed by atoms with van der Waals surface area (Å²) >= 11 is 7.04. The molecule has 0 atom stereocenters. The number of aromatic amines is 1. The van der Waals surface area contributed by atoms with Crippen molar-refractivity contribution in [1.82, 2.24) is 14.8 Å². The number of phenols is 1. The third-order valence-electron chi connectivity index (χ3n) is 5.72. The van der Waals surface area contributed by atoms with Crippen molar-refractivity contribution in [3.8, 4) is 16.9 Å². The van der Waals surface area contributed by atoms with Crippen LogP contribution in [-0.4, -0.2) is 64.8 Å². The van der Waals surface area contributed by atoms with Gasteiger partial charge in [0.1, 0.15) is 5.75 Å². The Labute approximate surface area is 202 Å². The van der Waals surface area contributed by atoms with Gasteiger partial charge in [-0.05, 0) is 43.4 Å². The molecule has 1 aliphatic rings. The first kappa shape index (κ1) is 24.4. The van der Waals surface area contributed by atoms with Crippen LogP contribution in [0, 0.1) is 0 Å². The second-order valence-electron chi connectivity index (χ2n) is 8.05. The molecule has 0 spiro atoms. The maximum absolute atomic E-state index is 13.5. The lowest BCUT2D eigenvalue weighted by Crippen LogP contribution is -2.47. The van der Waals surface area contributed by atoms with Crippen LogP contribution in [0.4, 0.5) is 13.2 Å². The molecule has 3 aromatic rings. The van der Waals surface area contributed by atoms with Crippen molar-refractivity contribution in [3.63, 3.8) is 0 Å². The molecule has 1 amide bonds. The van der Waals surface area contributed by atoms with E-state index in [1.807, 2.05) is 7.05 Å². The van der Waals surface area contributed by atoms with Gasteiger partial charge in [0.15, 0.2) is 0 Å². The number of H-pyrrole nitrogens is 1. The molecule has 2 N–H and O–H groups in total. The average Bonchev–Trinajstić information content (AvgIpc) is 2.78. The average molecular weight is 512 g/mol. The first-order valence-corrected chi connectivity index (χ1v) is 11.8. The highest BCUT2D eigenvalue weighted by atomic mass is 35.5. The number of aromatic nitrogens is 1. The summed E-state index contributed by atoms with van der Waals surface area (Å²) in [6.07, 6.45) is -4.61. The summed E-state index contributed by atoms with van der Waals surface area (Å²) in [7, 11) is 1.96. The topological polar surface area (TPSA) is 76.6 Å². The van der Waals surface area contributed by atoms with Crippen molar-refractivity contribution in [2.45, 2.75) is 11.1 Å². The molecule has 0 radical (unpaired) electrons. The number of nitrogens with zero attached hydrogens (tertiary/aromatic N) is 2. The van der Waals surface area contributed by atoms with Gasteiger partial charge < -0.3 is 19.9 Å². The number of thioether (sulfide) groups is 1. The first-order valence-electron chi connectivity index (χ1n) is 10.4. The molecular formula is C23H21ClF3N3O3S. The molecule has 0 bridgehead atoms. The van der Waals surface area contributed by atoms with Gasteiger partial charge in [-0.1, -0.05) is 11.6 Å². The minimum Gasteiger partial charge on any atom is -0.507 e. The highest BCUT2D eigenvalue weighted by Gasteiger charge is 2.31. The number of carbonyl (C=O) groups excluding carboxylic acids is 1. The predicted octanol–water partition coefficient (Wildman–Crippen LogP) is 4.44. The number of hydrogen-bond donors (Lipinski definition) is 2. The Hall–Kier alpha value is -2.69. The van der Waals surface area contributed by atoms with Gasteiger partial charge in [-0.2, -0.15) is 13.2 Å². The fourth-order valence-corrected chi connectivity index (χ4v) is 5.01. The molecule has 1 fully saturated rings. The van der Waals surface area contributed by atoms with E-state index in [1.54, 1.807) is 4.90 Å². The van der Waals surface area contributed by atoms with E-state index >= 15 is 0 Å². The molecule has 2 heterocycles. The molecule has 6 nitrogen and oxygen atoms in total. The van der Waals surface area contributed by atoms with Gasteiger partial charge in [-0.3, -0.25) is 9.59 Å². The van der Waals surface area contributed by atoms with Crippen molar-refractivity contribution in [3.05, 3.63) is 57.3 Å². The summed E-state index contributed by atoms with van der Waals surface area (Å²) in [6, 6.07) is 7.10. The van der Waals surface area contributed by atoms with E-state index in [0.717, 1.165) is 37.0 Å². The molecule has 0 aliphatic carbocycles. The van der Waals surface area contributed by atoms with E-state index in [2.05, 4.69) is 9.88 Å². The number of amides is 1. The van der Waals surface area contributed by atoms with Crippen LogP contribution in [0.3, 0.4) is 0 Å². The smallest absolute Gasteiger partial charge is 0.416 e. The Morgan fingerprint density at radius 3 is 2.53 bits per heavy atom. The summed E-state index contributed by atoms with van der Waals surface area (Å²) < 4.78 is 40.4. The van der Waals surface area contributed by atoms with Crippen LogP contribution in [0.1, 0.15) is 5.56 Å². The normalized spacial score (nSPS) is 15.1. The van der Waals surface area contributed by atoms with E-state index in [0.29, 0.717) is 13.1 Å². The molecule has 1 saturated heterocycles. The predicted molar refractivity (Wildman–Crippen MR) is 126 cm³/mol. The molecule has 180 valence electrons. The number of hydrogen-bond acceptors (Lipinski definition) is 5. The summed E-state index contributed by atoms with van der Waals surface area (Å²) in [5, 5.41) is 10.8. The Kier molecular flexibility index (Phi) is 6.84. The number of nitrogens with one attached hydrogen (secondary N) is 1. The molecule has 11 heteroatoms. The molecule has 1 aromatic heterocycles. The Balaban J connectivity index is 1.83. The minimum absolute atomic E-state index is 0.0341. The van der Waals surface area contributed by atoms with Gasteiger partial charge in [0.25, 0.3) is 5.56 Å². The van der Waals surface area contributed by atoms with Gasteiger partial charge in [0.05, 0.1) is 16.2 Å². The van der Waals surface area contributed by atoms with E-state index in [4.69, 9.17) is 11.6 Å². The van der Waals surface area contributed by atoms with Crippen molar-refractivity contribution >= 4 is 40.2 Å². The lowest BCUT2D eigenvalue weighted by Gasteiger charge is -2.32. The van der Waals surface area contributed by atoms with Crippen molar-refractivity contribution in [2.24, 2.45) is 0 Å². The summed E-state index contributed by atoms with van der Waals surface area (Å²) in [4.78, 5) is 32.2. The molecular weight excluding hydrogens is 491 g/mol. The number of carbonyl (C=O) groups is 1. The highest BCUT2D eigenvalue weighted by Crippen LogP contribution is 2.42. The summed E-state index contributed by atoms with van der Waals surface area (Å²) in [5.74, 6) is -0.505. The molecule has 0 saturated carbocycles. The summed E-state index contributed by atoms with van der Waals surface area (Å²) in [5.41, 5.74) is -1.10. The van der Waals surface area contributed by atoms with Gasteiger partial charge in [0.2, 0.25) is 5.91 Å². The number of halogens is 4. The van der Waals surface area contributed by atoms with Crippen LogP contribution in [0.15, 0.2) is 46.1 Å². The number of aromatic hydroxyl groups is 1. The van der Waals surface area contributed by atoms with Gasteiger partial charge in [-0.15, -0.1) is 11.8 Å². The number of pyridine rings is 1. The zero-order chi connectivity index (χ0) is 24.6. The zero-order valence-corrected chi connectivity index (χ0v) is 19.7. The Morgan fingerprint density at radius 2 is 1.85 bits per heavy atom. The van der Waals surface area contributed by atoms with E-state index in [1.165, 1.54) is 24.3 Å². The number of benzene rings is 2. The Bertz CT molecular complexity index is 1300. The van der Waals surface area contributed by atoms with Gasteiger partial charge in [-0.25, -0.2) is 0 Å². The van der Waals surface area contributed by atoms with Crippen molar-refractivity contribution < 1.29 is 23.1 Å². The minimum atomic E-state index is -4.61. The highest BCUT2D eigenvalue weighted by molar-refractivity contribution is 8.00. The molecule has 4 rings (SSSR count). The standard InChI is InChI=1S/C23H21ClF3N3O3S/c1-29-6-8-30(9-7-29)19(32)12-34-21-20(16-11-14(24)3-5-18(16)31)15-10-13(23(25,26)27)2-4-17(15)28-22(21)33/h2-5,10-11,31H,6-9,12H2,1H3,(H,28,33). The number of rotatable bonds is 4. The van der Waals surface area contributed by atoms with Crippen LogP contribution in [0.25, 0.3) is 22.0 Å². The van der Waals surface area contributed by atoms with E-state index in [-0.39, 0.29) is 49.4 Å². The van der Waals surface area contributed by atoms with E-state index in [9.17, 15) is 27.9 Å². The quantitative estimate of drug-likeness (QED) is 0.507. The Morgan fingerprint density at radius 1 is 1.15 bits per heavy atom. The first-order chi connectivity index (χ1) is 16.0. The zero-order valence-electron chi connectivity index (χ0n) is 18.1. The molecule has 2 aromatic carbocycles. The third kappa shape index (κ3) is 5.03. The molecule has 0 unspecified atom stereocenters. The van der Waals surface area contributed by atoms with Gasteiger partial charge in [0, 0.05) is 53.2 Å². The maximum Gasteiger partial charge on any atom is 0.416 e. The number of alkyl halides is 3. The monoisotopic (exact) mass is 511 g/mol. The number of fused-ring (bicyclic) bond motifs is 1. The molecule has 1 aliphatic heterocycles. The largest absolute Gasteiger partial charge is 0.507 e. The van der Waals surface area contributed by atoms with Crippen molar-refractivity contribution in [1.29, 1.82) is 0 Å². The fraction of sp³-hybridized carbons (Fsp3) is 0.304. The third-order valence-corrected chi connectivity index (χ3v) is 7.03. The van der Waals surface area contributed by atoms with Crippen LogP contribution < -0.4 is 5.56 Å². The SMILES string of the molecule is CN1CCN(C(=O)CSc2c(-c3cc(Cl)ccc3O)c3cc(C(F)(F)F)ccc3[nH]c2=O)CC1.